The number of fused-ring (bicyclic) bond motifs is 1. The molecule has 5 nitrogen and oxygen atoms in total. The Hall–Kier alpha value is -3.74. The van der Waals surface area contributed by atoms with Crippen LogP contribution in [0.5, 0.6) is 5.75 Å². The number of carbonyl (C=O) groups is 1. The standard InChI is InChI=1S/C26H25F2N3O2/c1-15(2)25-18(26(32)29-14-17-8-5-6-11-22(17)33-4)12-13-21-23(16(3)30-31(21)25)24-19(27)9-7-10-20(24)28/h5-13,15H,14H2,1-4H3,(H,29,32). The first-order valence-electron chi connectivity index (χ1n) is 10.7. The number of rotatable bonds is 6. The summed E-state index contributed by atoms with van der Waals surface area (Å²) >= 11 is 0. The van der Waals surface area contributed by atoms with Crippen molar-refractivity contribution in [2.45, 2.75) is 33.2 Å². The second-order valence-electron chi connectivity index (χ2n) is 8.14. The molecular weight excluding hydrogens is 424 g/mol. The molecule has 0 spiro atoms. The van der Waals surface area contributed by atoms with E-state index in [2.05, 4.69) is 10.4 Å². The van der Waals surface area contributed by atoms with Crippen LogP contribution in [0, 0.1) is 18.6 Å². The fourth-order valence-corrected chi connectivity index (χ4v) is 4.16. The summed E-state index contributed by atoms with van der Waals surface area (Å²) in [7, 11) is 1.58. The number of hydrogen-bond acceptors (Lipinski definition) is 3. The van der Waals surface area contributed by atoms with Gasteiger partial charge in [0.25, 0.3) is 5.91 Å². The Morgan fingerprint density at radius 3 is 2.39 bits per heavy atom. The lowest BCUT2D eigenvalue weighted by Gasteiger charge is -2.16. The smallest absolute Gasteiger partial charge is 0.253 e. The van der Waals surface area contributed by atoms with Crippen LogP contribution in [0.1, 0.15) is 47.1 Å². The van der Waals surface area contributed by atoms with E-state index < -0.39 is 11.6 Å². The number of halogens is 2. The molecule has 4 aromatic rings. The van der Waals surface area contributed by atoms with Gasteiger partial charge >= 0.3 is 0 Å². The maximum Gasteiger partial charge on any atom is 0.253 e. The molecule has 2 heterocycles. The lowest BCUT2D eigenvalue weighted by Crippen LogP contribution is -2.25. The van der Waals surface area contributed by atoms with Crippen molar-refractivity contribution in [3.05, 3.63) is 88.7 Å². The maximum atomic E-state index is 14.6. The number of aromatic nitrogens is 2. The van der Waals surface area contributed by atoms with Gasteiger partial charge in [-0.05, 0) is 43.2 Å². The van der Waals surface area contributed by atoms with E-state index in [0.29, 0.717) is 40.3 Å². The van der Waals surface area contributed by atoms with Crippen LogP contribution in [-0.2, 0) is 6.54 Å². The van der Waals surface area contributed by atoms with Crippen molar-refractivity contribution < 1.29 is 18.3 Å². The van der Waals surface area contributed by atoms with E-state index in [1.54, 1.807) is 30.7 Å². The molecule has 0 unspecified atom stereocenters. The number of carbonyl (C=O) groups excluding carboxylic acids is 1. The zero-order chi connectivity index (χ0) is 23.7. The van der Waals surface area contributed by atoms with Gasteiger partial charge in [-0.25, -0.2) is 13.3 Å². The second-order valence-corrected chi connectivity index (χ2v) is 8.14. The summed E-state index contributed by atoms with van der Waals surface area (Å²) in [5.41, 5.74) is 3.26. The van der Waals surface area contributed by atoms with Crippen LogP contribution in [0.3, 0.4) is 0 Å². The molecule has 0 saturated heterocycles. The molecule has 0 aliphatic carbocycles. The molecule has 7 heteroatoms. The number of amides is 1. The normalized spacial score (nSPS) is 11.2. The molecule has 4 rings (SSSR count). The Morgan fingerprint density at radius 1 is 1.03 bits per heavy atom. The van der Waals surface area contributed by atoms with Gasteiger partial charge in [0.2, 0.25) is 0 Å². The highest BCUT2D eigenvalue weighted by atomic mass is 19.1. The van der Waals surface area contributed by atoms with Crippen molar-refractivity contribution in [1.29, 1.82) is 0 Å². The van der Waals surface area contributed by atoms with E-state index in [1.165, 1.54) is 18.2 Å². The molecule has 2 aromatic carbocycles. The van der Waals surface area contributed by atoms with Gasteiger partial charge < -0.3 is 10.1 Å². The zero-order valence-electron chi connectivity index (χ0n) is 18.9. The largest absolute Gasteiger partial charge is 0.496 e. The average Bonchev–Trinajstić information content (AvgIpc) is 3.12. The van der Waals surface area contributed by atoms with Gasteiger partial charge in [-0.1, -0.05) is 38.1 Å². The Bertz CT molecular complexity index is 1320. The predicted octanol–water partition coefficient (Wildman–Crippen LogP) is 5.65. The van der Waals surface area contributed by atoms with Crippen molar-refractivity contribution in [3.8, 4) is 16.9 Å². The average molecular weight is 450 g/mol. The van der Waals surface area contributed by atoms with Crippen LogP contribution in [-0.4, -0.2) is 22.6 Å². The third kappa shape index (κ3) is 4.06. The first kappa shape index (κ1) is 22.5. The zero-order valence-corrected chi connectivity index (χ0v) is 18.9. The minimum atomic E-state index is -0.655. The highest BCUT2D eigenvalue weighted by Gasteiger charge is 2.24. The molecule has 0 fully saturated rings. The lowest BCUT2D eigenvalue weighted by molar-refractivity contribution is 0.0948. The number of hydrogen-bond donors (Lipinski definition) is 1. The molecular formula is C26H25F2N3O2. The van der Waals surface area contributed by atoms with Crippen LogP contribution < -0.4 is 10.1 Å². The van der Waals surface area contributed by atoms with E-state index in [-0.39, 0.29) is 17.4 Å². The molecule has 1 N–H and O–H groups in total. The van der Waals surface area contributed by atoms with Crippen molar-refractivity contribution in [2.24, 2.45) is 0 Å². The molecule has 170 valence electrons. The minimum absolute atomic E-state index is 0.0710. The quantitative estimate of drug-likeness (QED) is 0.414. The second kappa shape index (κ2) is 9.02. The summed E-state index contributed by atoms with van der Waals surface area (Å²) in [6.45, 7) is 5.90. The van der Waals surface area contributed by atoms with Crippen LogP contribution in [0.25, 0.3) is 16.6 Å². The molecule has 0 atom stereocenters. The number of aryl methyl sites for hydroxylation is 1. The Kier molecular flexibility index (Phi) is 6.14. The third-order valence-corrected chi connectivity index (χ3v) is 5.64. The summed E-state index contributed by atoms with van der Waals surface area (Å²) in [4.78, 5) is 13.1. The van der Waals surface area contributed by atoms with Crippen molar-refractivity contribution >= 4 is 11.4 Å². The fraction of sp³-hybridized carbons (Fsp3) is 0.231. The summed E-state index contributed by atoms with van der Waals surface area (Å²) in [5.74, 6) is -0.955. The summed E-state index contributed by atoms with van der Waals surface area (Å²) < 4.78 is 36.1. The van der Waals surface area contributed by atoms with Gasteiger partial charge in [0, 0.05) is 17.7 Å². The van der Waals surface area contributed by atoms with E-state index in [1.807, 2.05) is 38.1 Å². The molecule has 0 aliphatic heterocycles. The number of nitrogens with zero attached hydrogens (tertiary/aromatic N) is 2. The van der Waals surface area contributed by atoms with E-state index >= 15 is 0 Å². The molecule has 1 amide bonds. The van der Waals surface area contributed by atoms with Gasteiger partial charge in [0.1, 0.15) is 17.4 Å². The van der Waals surface area contributed by atoms with Crippen molar-refractivity contribution in [3.63, 3.8) is 0 Å². The van der Waals surface area contributed by atoms with E-state index in [4.69, 9.17) is 4.74 Å². The topological polar surface area (TPSA) is 55.6 Å². The Balaban J connectivity index is 1.78. The van der Waals surface area contributed by atoms with Crippen LogP contribution >= 0.6 is 0 Å². The monoisotopic (exact) mass is 449 g/mol. The van der Waals surface area contributed by atoms with Crippen LogP contribution in [0.2, 0.25) is 0 Å². The van der Waals surface area contributed by atoms with E-state index in [0.717, 1.165) is 5.56 Å². The van der Waals surface area contributed by atoms with Crippen molar-refractivity contribution in [1.82, 2.24) is 14.9 Å². The number of nitrogens with one attached hydrogen (secondary N) is 1. The number of benzene rings is 2. The lowest BCUT2D eigenvalue weighted by atomic mass is 9.99. The summed E-state index contributed by atoms with van der Waals surface area (Å²) in [6, 6.07) is 14.6. The van der Waals surface area contributed by atoms with Crippen LogP contribution in [0.4, 0.5) is 8.78 Å². The first-order chi connectivity index (χ1) is 15.8. The minimum Gasteiger partial charge on any atom is -0.496 e. The van der Waals surface area contributed by atoms with Gasteiger partial charge in [0.05, 0.1) is 35.1 Å². The first-order valence-corrected chi connectivity index (χ1v) is 10.7. The molecule has 33 heavy (non-hydrogen) atoms. The Labute approximate surface area is 191 Å². The van der Waals surface area contributed by atoms with Crippen LogP contribution in [0.15, 0.2) is 54.6 Å². The summed E-state index contributed by atoms with van der Waals surface area (Å²) in [6.07, 6.45) is 0. The SMILES string of the molecule is COc1ccccc1CNC(=O)c1ccc2c(-c3c(F)cccc3F)c(C)nn2c1C(C)C. The molecule has 0 saturated carbocycles. The number of pyridine rings is 1. The number of ether oxygens (including phenoxy) is 1. The number of methoxy groups -OCH3 is 1. The predicted molar refractivity (Wildman–Crippen MR) is 124 cm³/mol. The Morgan fingerprint density at radius 2 is 1.73 bits per heavy atom. The molecule has 0 radical (unpaired) electrons. The van der Waals surface area contributed by atoms with Gasteiger partial charge in [-0.2, -0.15) is 5.10 Å². The number of para-hydroxylation sites is 1. The molecule has 0 aliphatic rings. The fourth-order valence-electron chi connectivity index (χ4n) is 4.16. The highest BCUT2D eigenvalue weighted by Crippen LogP contribution is 2.34. The van der Waals surface area contributed by atoms with Gasteiger partial charge in [-0.15, -0.1) is 0 Å². The third-order valence-electron chi connectivity index (χ3n) is 5.64. The highest BCUT2D eigenvalue weighted by molar-refractivity contribution is 5.96. The van der Waals surface area contributed by atoms with E-state index in [9.17, 15) is 13.6 Å². The van der Waals surface area contributed by atoms with Gasteiger partial charge in [-0.3, -0.25) is 4.79 Å². The molecule has 2 aromatic heterocycles. The molecule has 0 bridgehead atoms. The maximum absolute atomic E-state index is 14.6. The van der Waals surface area contributed by atoms with Crippen molar-refractivity contribution in [2.75, 3.05) is 7.11 Å². The van der Waals surface area contributed by atoms with Gasteiger partial charge in [0.15, 0.2) is 0 Å². The summed E-state index contributed by atoms with van der Waals surface area (Å²) in [5, 5.41) is 7.51.